The molecule has 1 fully saturated rings. The lowest BCUT2D eigenvalue weighted by atomic mass is 10.1. The lowest BCUT2D eigenvalue weighted by Crippen LogP contribution is -2.38. The van der Waals surface area contributed by atoms with Gasteiger partial charge in [-0.2, -0.15) is 0 Å². The van der Waals surface area contributed by atoms with Gasteiger partial charge in [0.2, 0.25) is 0 Å². The van der Waals surface area contributed by atoms with E-state index in [1.165, 1.54) is 12.8 Å². The number of benzene rings is 1. The van der Waals surface area contributed by atoms with Gasteiger partial charge in [-0.25, -0.2) is 4.99 Å². The van der Waals surface area contributed by atoms with E-state index in [0.717, 1.165) is 61.1 Å². The van der Waals surface area contributed by atoms with Crippen LogP contribution in [0.15, 0.2) is 46.0 Å². The van der Waals surface area contributed by atoms with Crippen molar-refractivity contribution in [2.45, 2.75) is 51.7 Å². The Hall–Kier alpha value is -1.90. The molecule has 1 aromatic heterocycles. The van der Waals surface area contributed by atoms with Crippen LogP contribution in [0.3, 0.4) is 0 Å². The summed E-state index contributed by atoms with van der Waals surface area (Å²) in [6.45, 7) is 4.14. The fraction of sp³-hybridized carbons (Fsp3) is 0.500. The molecule has 160 valence electrons. The van der Waals surface area contributed by atoms with Gasteiger partial charge in [-0.3, -0.25) is 0 Å². The Morgan fingerprint density at radius 3 is 2.69 bits per heavy atom. The van der Waals surface area contributed by atoms with Gasteiger partial charge in [0.15, 0.2) is 17.5 Å². The highest BCUT2D eigenvalue weighted by atomic mass is 127. The van der Waals surface area contributed by atoms with Crippen molar-refractivity contribution in [2.75, 3.05) is 20.2 Å². The second-order valence-electron chi connectivity index (χ2n) is 6.92. The Kier molecular flexibility index (Phi) is 10.2. The van der Waals surface area contributed by atoms with E-state index in [2.05, 4.69) is 23.6 Å². The monoisotopic (exact) mass is 513 g/mol. The van der Waals surface area contributed by atoms with E-state index in [1.54, 1.807) is 13.4 Å². The van der Waals surface area contributed by atoms with Gasteiger partial charge in [0.05, 0.1) is 26.0 Å². The largest absolute Gasteiger partial charge is 0.493 e. The summed E-state index contributed by atoms with van der Waals surface area (Å²) in [6.07, 6.45) is 7.47. The highest BCUT2D eigenvalue weighted by molar-refractivity contribution is 14.0. The molecule has 1 aliphatic rings. The third-order valence-electron chi connectivity index (χ3n) is 4.86. The second kappa shape index (κ2) is 12.6. The number of ether oxygens (including phenoxy) is 2. The SMILES string of the molecule is CCNC(=NCc1cccc(OC)c1OC1CCCC1)NCCc1ccco1.I. The van der Waals surface area contributed by atoms with Gasteiger partial charge in [-0.15, -0.1) is 24.0 Å². The van der Waals surface area contributed by atoms with E-state index >= 15 is 0 Å². The summed E-state index contributed by atoms with van der Waals surface area (Å²) in [5.41, 5.74) is 1.04. The highest BCUT2D eigenvalue weighted by Gasteiger charge is 2.20. The lowest BCUT2D eigenvalue weighted by Gasteiger charge is -2.19. The summed E-state index contributed by atoms with van der Waals surface area (Å²) >= 11 is 0. The van der Waals surface area contributed by atoms with Gasteiger partial charge in [0.25, 0.3) is 0 Å². The number of furan rings is 1. The molecule has 0 spiro atoms. The Morgan fingerprint density at radius 2 is 2.00 bits per heavy atom. The Bertz CT molecular complexity index is 744. The summed E-state index contributed by atoms with van der Waals surface area (Å²) in [5, 5.41) is 6.65. The zero-order chi connectivity index (χ0) is 19.6. The molecule has 0 bridgehead atoms. The molecule has 1 heterocycles. The van der Waals surface area contributed by atoms with Crippen molar-refractivity contribution in [2.24, 2.45) is 4.99 Å². The maximum absolute atomic E-state index is 6.30. The minimum atomic E-state index is 0. The summed E-state index contributed by atoms with van der Waals surface area (Å²) in [5.74, 6) is 3.34. The molecule has 2 aromatic rings. The standard InChI is InChI=1S/C22H31N3O3.HI/c1-3-23-22(24-14-13-18-11-7-15-27-18)25-16-17-8-6-12-20(26-2)21(17)28-19-9-4-5-10-19;/h6-8,11-12,15,19H,3-5,9-10,13-14,16H2,1-2H3,(H2,23,24,25);1H. The molecule has 0 unspecified atom stereocenters. The molecular formula is C22H32IN3O3. The molecule has 2 N–H and O–H groups in total. The number of halogens is 1. The van der Waals surface area contributed by atoms with Crippen LogP contribution in [0, 0.1) is 0 Å². The number of hydrogen-bond donors (Lipinski definition) is 2. The Balaban J connectivity index is 0.00000300. The van der Waals surface area contributed by atoms with Crippen molar-refractivity contribution in [1.82, 2.24) is 10.6 Å². The van der Waals surface area contributed by atoms with E-state index in [1.807, 2.05) is 24.3 Å². The van der Waals surface area contributed by atoms with Crippen molar-refractivity contribution in [3.8, 4) is 11.5 Å². The number of guanidine groups is 1. The van der Waals surface area contributed by atoms with Crippen LogP contribution in [-0.2, 0) is 13.0 Å². The zero-order valence-electron chi connectivity index (χ0n) is 17.3. The molecule has 0 amide bonds. The molecule has 6 nitrogen and oxygen atoms in total. The quantitative estimate of drug-likeness (QED) is 0.293. The molecule has 0 aliphatic heterocycles. The number of para-hydroxylation sites is 1. The minimum Gasteiger partial charge on any atom is -0.493 e. The van der Waals surface area contributed by atoms with Crippen molar-refractivity contribution < 1.29 is 13.9 Å². The molecule has 3 rings (SSSR count). The van der Waals surface area contributed by atoms with Crippen molar-refractivity contribution in [3.05, 3.63) is 47.9 Å². The molecule has 29 heavy (non-hydrogen) atoms. The minimum absolute atomic E-state index is 0. The van der Waals surface area contributed by atoms with Crippen LogP contribution in [0.25, 0.3) is 0 Å². The van der Waals surface area contributed by atoms with Crippen LogP contribution in [-0.4, -0.2) is 32.3 Å². The van der Waals surface area contributed by atoms with Gasteiger partial charge in [0, 0.05) is 25.1 Å². The highest BCUT2D eigenvalue weighted by Crippen LogP contribution is 2.35. The van der Waals surface area contributed by atoms with Crippen molar-refractivity contribution in [1.29, 1.82) is 0 Å². The van der Waals surface area contributed by atoms with Gasteiger partial charge in [0.1, 0.15) is 5.76 Å². The fourth-order valence-electron chi connectivity index (χ4n) is 3.42. The molecular weight excluding hydrogens is 481 g/mol. The predicted molar refractivity (Wildman–Crippen MR) is 127 cm³/mol. The molecule has 0 radical (unpaired) electrons. The number of aliphatic imine (C=N–C) groups is 1. The van der Waals surface area contributed by atoms with E-state index in [0.29, 0.717) is 6.54 Å². The number of rotatable bonds is 9. The van der Waals surface area contributed by atoms with Gasteiger partial charge >= 0.3 is 0 Å². The number of methoxy groups -OCH3 is 1. The van der Waals surface area contributed by atoms with E-state index in [4.69, 9.17) is 18.9 Å². The zero-order valence-corrected chi connectivity index (χ0v) is 19.6. The van der Waals surface area contributed by atoms with Crippen LogP contribution in [0.5, 0.6) is 11.5 Å². The number of nitrogens with zero attached hydrogens (tertiary/aromatic N) is 1. The Morgan fingerprint density at radius 1 is 1.17 bits per heavy atom. The first-order valence-corrected chi connectivity index (χ1v) is 10.2. The maximum atomic E-state index is 6.30. The van der Waals surface area contributed by atoms with Crippen molar-refractivity contribution in [3.63, 3.8) is 0 Å². The lowest BCUT2D eigenvalue weighted by molar-refractivity contribution is 0.198. The molecule has 7 heteroatoms. The summed E-state index contributed by atoms with van der Waals surface area (Å²) in [7, 11) is 1.68. The molecule has 1 aromatic carbocycles. The number of nitrogens with one attached hydrogen (secondary N) is 2. The van der Waals surface area contributed by atoms with Gasteiger partial charge in [-0.05, 0) is 50.8 Å². The maximum Gasteiger partial charge on any atom is 0.191 e. The normalized spacial score (nSPS) is 14.3. The van der Waals surface area contributed by atoms with Crippen molar-refractivity contribution >= 4 is 29.9 Å². The Labute approximate surface area is 190 Å². The van der Waals surface area contributed by atoms with E-state index in [9.17, 15) is 0 Å². The van der Waals surface area contributed by atoms with E-state index in [-0.39, 0.29) is 30.1 Å². The molecule has 0 saturated heterocycles. The van der Waals surface area contributed by atoms with Crippen LogP contribution in [0.2, 0.25) is 0 Å². The number of hydrogen-bond acceptors (Lipinski definition) is 4. The van der Waals surface area contributed by atoms with Crippen LogP contribution in [0.4, 0.5) is 0 Å². The first-order valence-electron chi connectivity index (χ1n) is 10.2. The van der Waals surface area contributed by atoms with Crippen LogP contribution < -0.4 is 20.1 Å². The predicted octanol–water partition coefficient (Wildman–Crippen LogP) is 4.53. The first kappa shape index (κ1) is 23.4. The van der Waals surface area contributed by atoms with E-state index < -0.39 is 0 Å². The molecule has 0 atom stereocenters. The summed E-state index contributed by atoms with van der Waals surface area (Å²) < 4.78 is 17.2. The van der Waals surface area contributed by atoms with Crippen LogP contribution >= 0.6 is 24.0 Å². The molecule has 1 saturated carbocycles. The smallest absolute Gasteiger partial charge is 0.191 e. The van der Waals surface area contributed by atoms with Crippen LogP contribution in [0.1, 0.15) is 43.9 Å². The van der Waals surface area contributed by atoms with Gasteiger partial charge < -0.3 is 24.5 Å². The topological polar surface area (TPSA) is 68.0 Å². The fourth-order valence-corrected chi connectivity index (χ4v) is 3.42. The van der Waals surface area contributed by atoms with Gasteiger partial charge in [-0.1, -0.05) is 12.1 Å². The first-order chi connectivity index (χ1) is 13.8. The second-order valence-corrected chi connectivity index (χ2v) is 6.92. The molecule has 1 aliphatic carbocycles. The average Bonchev–Trinajstić information content (AvgIpc) is 3.41. The third kappa shape index (κ3) is 7.13. The third-order valence-corrected chi connectivity index (χ3v) is 4.86. The summed E-state index contributed by atoms with van der Waals surface area (Å²) in [6, 6.07) is 9.88. The average molecular weight is 513 g/mol. The summed E-state index contributed by atoms with van der Waals surface area (Å²) in [4.78, 5) is 4.74.